The average molecular weight is 174 g/mol. The number of aromatic nitrogens is 4. The Hall–Kier alpha value is -1.71. The maximum Gasteiger partial charge on any atom is 0.160 e. The third-order valence-corrected chi connectivity index (χ3v) is 1.84. The normalized spacial score (nSPS) is 10.2. The minimum atomic E-state index is 0.817. The third-order valence-electron chi connectivity index (χ3n) is 1.84. The second-order valence-corrected chi connectivity index (χ2v) is 2.65. The predicted molar refractivity (Wildman–Crippen MR) is 48.5 cm³/mol. The van der Waals surface area contributed by atoms with Gasteiger partial charge in [-0.05, 0) is 12.1 Å². The van der Waals surface area contributed by atoms with Crippen LogP contribution in [-0.4, -0.2) is 19.7 Å². The molecule has 0 unspecified atom stereocenters. The van der Waals surface area contributed by atoms with Gasteiger partial charge in [0.25, 0.3) is 0 Å². The van der Waals surface area contributed by atoms with Gasteiger partial charge < -0.3 is 0 Å². The van der Waals surface area contributed by atoms with Crippen molar-refractivity contribution in [1.82, 2.24) is 19.7 Å². The topological polar surface area (TPSA) is 43.6 Å². The highest BCUT2D eigenvalue weighted by molar-refractivity contribution is 5.21. The molecule has 0 fully saturated rings. The molecule has 66 valence electrons. The second kappa shape index (κ2) is 3.35. The van der Waals surface area contributed by atoms with E-state index in [1.807, 2.05) is 22.9 Å². The van der Waals surface area contributed by atoms with Crippen LogP contribution in [0.4, 0.5) is 0 Å². The summed E-state index contributed by atoms with van der Waals surface area (Å²) in [5.74, 6) is 1.82. The van der Waals surface area contributed by atoms with E-state index in [1.165, 1.54) is 0 Å². The molecule has 0 aliphatic carbocycles. The minimum Gasteiger partial charge on any atom is -0.286 e. The fraction of sp³-hybridized carbons (Fsp3) is 0.222. The lowest BCUT2D eigenvalue weighted by atomic mass is 10.4. The lowest BCUT2D eigenvalue weighted by molar-refractivity contribution is 0.838. The van der Waals surface area contributed by atoms with E-state index in [0.29, 0.717) is 0 Å². The van der Waals surface area contributed by atoms with Crippen LogP contribution in [0.5, 0.6) is 0 Å². The molecule has 0 bridgehead atoms. The molecule has 4 heteroatoms. The first-order valence-electron chi connectivity index (χ1n) is 4.22. The van der Waals surface area contributed by atoms with Gasteiger partial charge in [0.1, 0.15) is 5.82 Å². The van der Waals surface area contributed by atoms with Crippen molar-refractivity contribution in [3.05, 3.63) is 36.5 Å². The van der Waals surface area contributed by atoms with Crippen LogP contribution in [0.15, 0.2) is 30.7 Å². The van der Waals surface area contributed by atoms with Crippen LogP contribution in [0.1, 0.15) is 12.7 Å². The molecular formula is C9H10N4. The minimum absolute atomic E-state index is 0.817. The highest BCUT2D eigenvalue weighted by Crippen LogP contribution is 2.05. The number of hydrogen-bond acceptors (Lipinski definition) is 3. The summed E-state index contributed by atoms with van der Waals surface area (Å²) in [6.07, 6.45) is 6.21. The molecule has 2 aromatic rings. The summed E-state index contributed by atoms with van der Waals surface area (Å²) in [5, 5.41) is 7.82. The van der Waals surface area contributed by atoms with Crippen molar-refractivity contribution < 1.29 is 0 Å². The van der Waals surface area contributed by atoms with Crippen LogP contribution in [0, 0.1) is 0 Å². The molecule has 0 spiro atoms. The lowest BCUT2D eigenvalue weighted by Crippen LogP contribution is -2.01. The summed E-state index contributed by atoms with van der Waals surface area (Å²) in [5.41, 5.74) is 0. The monoisotopic (exact) mass is 174 g/mol. The van der Waals surface area contributed by atoms with Gasteiger partial charge in [0, 0.05) is 25.0 Å². The fourth-order valence-corrected chi connectivity index (χ4v) is 1.23. The molecule has 0 saturated carbocycles. The van der Waals surface area contributed by atoms with Crippen molar-refractivity contribution in [2.75, 3.05) is 0 Å². The molecule has 0 N–H and O–H groups in total. The zero-order valence-corrected chi connectivity index (χ0v) is 7.38. The van der Waals surface area contributed by atoms with Gasteiger partial charge in [-0.2, -0.15) is 5.10 Å². The van der Waals surface area contributed by atoms with E-state index >= 15 is 0 Å². The van der Waals surface area contributed by atoms with Crippen molar-refractivity contribution in [3.63, 3.8) is 0 Å². The third kappa shape index (κ3) is 1.42. The maximum atomic E-state index is 4.21. The first kappa shape index (κ1) is 7.91. The van der Waals surface area contributed by atoms with Gasteiger partial charge in [-0.15, -0.1) is 5.10 Å². The maximum absolute atomic E-state index is 4.21. The van der Waals surface area contributed by atoms with Gasteiger partial charge >= 0.3 is 0 Å². The zero-order valence-electron chi connectivity index (χ0n) is 7.38. The van der Waals surface area contributed by atoms with Crippen LogP contribution in [0.2, 0.25) is 0 Å². The van der Waals surface area contributed by atoms with Gasteiger partial charge in [0.05, 0.1) is 0 Å². The van der Waals surface area contributed by atoms with E-state index in [4.69, 9.17) is 0 Å². The van der Waals surface area contributed by atoms with Gasteiger partial charge in [-0.3, -0.25) is 4.57 Å². The van der Waals surface area contributed by atoms with Gasteiger partial charge in [-0.1, -0.05) is 6.92 Å². The summed E-state index contributed by atoms with van der Waals surface area (Å²) >= 11 is 0. The van der Waals surface area contributed by atoms with Crippen LogP contribution >= 0.6 is 0 Å². The average Bonchev–Trinajstić information content (AvgIpc) is 2.67. The van der Waals surface area contributed by atoms with Crippen molar-refractivity contribution >= 4 is 0 Å². The van der Waals surface area contributed by atoms with E-state index in [-0.39, 0.29) is 0 Å². The number of hydrogen-bond donors (Lipinski definition) is 0. The molecule has 2 rings (SSSR count). The van der Waals surface area contributed by atoms with E-state index in [9.17, 15) is 0 Å². The Labute approximate surface area is 76.3 Å². The van der Waals surface area contributed by atoms with E-state index in [0.717, 1.165) is 18.1 Å². The van der Waals surface area contributed by atoms with Crippen LogP contribution in [0.3, 0.4) is 0 Å². The summed E-state index contributed by atoms with van der Waals surface area (Å²) in [4.78, 5) is 4.21. The molecule has 0 aliphatic rings. The summed E-state index contributed by atoms with van der Waals surface area (Å²) in [6, 6.07) is 3.77. The summed E-state index contributed by atoms with van der Waals surface area (Å²) in [7, 11) is 0. The molecule has 0 radical (unpaired) electrons. The van der Waals surface area contributed by atoms with Gasteiger partial charge in [-0.25, -0.2) is 4.98 Å². The Balaban J connectivity index is 2.47. The smallest absolute Gasteiger partial charge is 0.160 e. The SMILES string of the molecule is CCc1nccn1-c1cccnn1. The van der Waals surface area contributed by atoms with E-state index in [1.54, 1.807) is 12.4 Å². The highest BCUT2D eigenvalue weighted by atomic mass is 15.2. The first-order valence-corrected chi connectivity index (χ1v) is 4.22. The van der Waals surface area contributed by atoms with Crippen LogP contribution in [-0.2, 0) is 6.42 Å². The van der Waals surface area contributed by atoms with E-state index < -0.39 is 0 Å². The Morgan fingerprint density at radius 3 is 3.00 bits per heavy atom. The van der Waals surface area contributed by atoms with E-state index in [2.05, 4.69) is 22.1 Å². The van der Waals surface area contributed by atoms with Crippen molar-refractivity contribution in [2.24, 2.45) is 0 Å². The Kier molecular flexibility index (Phi) is 2.04. The Morgan fingerprint density at radius 1 is 1.38 bits per heavy atom. The quantitative estimate of drug-likeness (QED) is 0.687. The second-order valence-electron chi connectivity index (χ2n) is 2.65. The molecule has 4 nitrogen and oxygen atoms in total. The molecular weight excluding hydrogens is 164 g/mol. The Morgan fingerprint density at radius 2 is 2.31 bits per heavy atom. The number of rotatable bonds is 2. The van der Waals surface area contributed by atoms with Crippen molar-refractivity contribution in [1.29, 1.82) is 0 Å². The molecule has 0 amide bonds. The van der Waals surface area contributed by atoms with Gasteiger partial charge in [0.2, 0.25) is 0 Å². The fourth-order valence-electron chi connectivity index (χ4n) is 1.23. The van der Waals surface area contributed by atoms with Crippen molar-refractivity contribution in [3.8, 4) is 5.82 Å². The van der Waals surface area contributed by atoms with Gasteiger partial charge in [0.15, 0.2) is 5.82 Å². The molecule has 0 aliphatic heterocycles. The standard InChI is InChI=1S/C9H10N4/c1-2-8-10-6-7-13(8)9-4-3-5-11-12-9/h3-7H,2H2,1H3. The highest BCUT2D eigenvalue weighted by Gasteiger charge is 2.02. The van der Waals surface area contributed by atoms with Crippen molar-refractivity contribution in [2.45, 2.75) is 13.3 Å². The molecule has 0 atom stereocenters. The number of aryl methyl sites for hydroxylation is 1. The van der Waals surface area contributed by atoms with Crippen LogP contribution in [0.25, 0.3) is 5.82 Å². The van der Waals surface area contributed by atoms with Crippen LogP contribution < -0.4 is 0 Å². The molecule has 2 aromatic heterocycles. The number of nitrogens with zero attached hydrogens (tertiary/aromatic N) is 4. The first-order chi connectivity index (χ1) is 6.42. The lowest BCUT2D eigenvalue weighted by Gasteiger charge is -2.02. The Bertz CT molecular complexity index is 380. The largest absolute Gasteiger partial charge is 0.286 e. The molecule has 0 aromatic carbocycles. The molecule has 13 heavy (non-hydrogen) atoms. The summed E-state index contributed by atoms with van der Waals surface area (Å²) in [6.45, 7) is 2.06. The molecule has 0 saturated heterocycles. The predicted octanol–water partition coefficient (Wildman–Crippen LogP) is 1.22. The number of imidazole rings is 1. The molecule has 2 heterocycles. The summed E-state index contributed by atoms with van der Waals surface area (Å²) < 4.78 is 1.94. The zero-order chi connectivity index (χ0) is 9.10.